The third kappa shape index (κ3) is 5.49. The first-order chi connectivity index (χ1) is 15.6. The lowest BCUT2D eigenvalue weighted by molar-refractivity contribution is -0.129. The second-order valence-corrected chi connectivity index (χ2v) is 9.32. The van der Waals surface area contributed by atoms with Crippen LogP contribution < -0.4 is 0 Å². The Bertz CT molecular complexity index is 1050. The van der Waals surface area contributed by atoms with Gasteiger partial charge in [0, 0.05) is 25.2 Å². The van der Waals surface area contributed by atoms with Crippen LogP contribution in [0.5, 0.6) is 0 Å². The van der Waals surface area contributed by atoms with Crippen molar-refractivity contribution < 1.29 is 4.79 Å². The summed E-state index contributed by atoms with van der Waals surface area (Å²) in [4.78, 5) is 14.9. The van der Waals surface area contributed by atoms with Gasteiger partial charge in [0.05, 0.1) is 5.75 Å². The maximum Gasteiger partial charge on any atom is 0.233 e. The molecule has 1 amide bonds. The zero-order valence-corrected chi connectivity index (χ0v) is 19.4. The van der Waals surface area contributed by atoms with Crippen molar-refractivity contribution in [2.24, 2.45) is 5.92 Å². The zero-order valence-electron chi connectivity index (χ0n) is 18.6. The predicted molar refractivity (Wildman–Crippen MR) is 131 cm³/mol. The van der Waals surface area contributed by atoms with Crippen molar-refractivity contribution in [3.63, 3.8) is 0 Å². The number of piperidine rings is 1. The number of aromatic nitrogens is 3. The summed E-state index contributed by atoms with van der Waals surface area (Å²) in [5.41, 5.74) is 3.59. The van der Waals surface area contributed by atoms with Gasteiger partial charge < -0.3 is 4.90 Å². The summed E-state index contributed by atoms with van der Waals surface area (Å²) in [5, 5.41) is 9.54. The molecule has 1 fully saturated rings. The van der Waals surface area contributed by atoms with Crippen LogP contribution in [0, 0.1) is 12.8 Å². The van der Waals surface area contributed by atoms with E-state index in [0.29, 0.717) is 18.2 Å². The Morgan fingerprint density at radius 1 is 1.12 bits per heavy atom. The average molecular weight is 447 g/mol. The fraction of sp³-hybridized carbons (Fsp3) is 0.346. The van der Waals surface area contributed by atoms with Gasteiger partial charge in [-0.25, -0.2) is 0 Å². The Kier molecular flexibility index (Phi) is 7.43. The Morgan fingerprint density at radius 2 is 1.91 bits per heavy atom. The third-order valence-electron chi connectivity index (χ3n) is 5.96. The normalized spacial score (nSPS) is 14.5. The third-order valence-corrected chi connectivity index (χ3v) is 6.92. The molecule has 0 radical (unpaired) electrons. The minimum Gasteiger partial charge on any atom is -0.342 e. The molecule has 2 heterocycles. The molecular weight excluding hydrogens is 416 g/mol. The van der Waals surface area contributed by atoms with Gasteiger partial charge in [0.25, 0.3) is 0 Å². The van der Waals surface area contributed by atoms with Crippen LogP contribution in [-0.2, 0) is 17.8 Å². The fourth-order valence-corrected chi connectivity index (χ4v) is 5.09. The first-order valence-corrected chi connectivity index (χ1v) is 12.2. The van der Waals surface area contributed by atoms with Gasteiger partial charge in [0.2, 0.25) is 5.91 Å². The number of likely N-dealkylation sites (tertiary alicyclic amines) is 1. The molecule has 0 atom stereocenters. The van der Waals surface area contributed by atoms with Crippen LogP contribution >= 0.6 is 11.8 Å². The number of hydrogen-bond donors (Lipinski definition) is 0. The summed E-state index contributed by atoms with van der Waals surface area (Å²) in [6, 6.07) is 18.9. The fourth-order valence-electron chi connectivity index (χ4n) is 4.24. The van der Waals surface area contributed by atoms with Gasteiger partial charge in [-0.2, -0.15) is 0 Å². The summed E-state index contributed by atoms with van der Waals surface area (Å²) in [5.74, 6) is 2.03. The first-order valence-electron chi connectivity index (χ1n) is 11.2. The number of allylic oxidation sites excluding steroid dienone is 1. The summed E-state index contributed by atoms with van der Waals surface area (Å²) in [7, 11) is 0. The van der Waals surface area contributed by atoms with E-state index in [1.807, 2.05) is 27.7 Å². The second-order valence-electron chi connectivity index (χ2n) is 8.38. The molecule has 6 heteroatoms. The maximum atomic E-state index is 12.9. The van der Waals surface area contributed by atoms with Gasteiger partial charge in [-0.1, -0.05) is 71.9 Å². The highest BCUT2D eigenvalue weighted by molar-refractivity contribution is 7.99. The Hall–Kier alpha value is -2.86. The summed E-state index contributed by atoms with van der Waals surface area (Å²) >= 11 is 1.46. The van der Waals surface area contributed by atoms with Gasteiger partial charge >= 0.3 is 0 Å². The molecule has 1 aromatic heterocycles. The molecule has 32 heavy (non-hydrogen) atoms. The summed E-state index contributed by atoms with van der Waals surface area (Å²) < 4.78 is 2.03. The van der Waals surface area contributed by atoms with Gasteiger partial charge in [0.1, 0.15) is 0 Å². The van der Waals surface area contributed by atoms with Gasteiger partial charge in [-0.3, -0.25) is 9.36 Å². The molecule has 0 N–H and O–H groups in total. The van der Waals surface area contributed by atoms with Crippen molar-refractivity contribution in [1.82, 2.24) is 19.7 Å². The van der Waals surface area contributed by atoms with Crippen LogP contribution in [0.25, 0.3) is 11.4 Å². The summed E-state index contributed by atoms with van der Waals surface area (Å²) in [6.07, 6.45) is 5.07. The van der Waals surface area contributed by atoms with E-state index < -0.39 is 0 Å². The molecule has 1 aliphatic rings. The minimum atomic E-state index is 0.179. The molecule has 0 unspecified atom stereocenters. The van der Waals surface area contributed by atoms with E-state index in [9.17, 15) is 4.79 Å². The van der Waals surface area contributed by atoms with Crippen molar-refractivity contribution in [3.8, 4) is 11.4 Å². The quantitative estimate of drug-likeness (QED) is 0.360. The van der Waals surface area contributed by atoms with Crippen LogP contribution in [0.2, 0.25) is 0 Å². The van der Waals surface area contributed by atoms with Gasteiger partial charge in [-0.05, 0) is 43.7 Å². The second kappa shape index (κ2) is 10.6. The Morgan fingerprint density at radius 3 is 2.62 bits per heavy atom. The number of aryl methyl sites for hydroxylation is 1. The van der Waals surface area contributed by atoms with E-state index in [2.05, 4.69) is 66.2 Å². The molecule has 4 rings (SSSR count). The number of nitrogens with zero attached hydrogens (tertiary/aromatic N) is 4. The van der Waals surface area contributed by atoms with Crippen molar-refractivity contribution in [2.45, 2.75) is 37.9 Å². The van der Waals surface area contributed by atoms with E-state index in [1.54, 1.807) is 0 Å². The largest absolute Gasteiger partial charge is 0.342 e. The van der Waals surface area contributed by atoms with E-state index in [-0.39, 0.29) is 5.91 Å². The van der Waals surface area contributed by atoms with E-state index in [4.69, 9.17) is 0 Å². The van der Waals surface area contributed by atoms with E-state index in [1.165, 1.54) is 22.9 Å². The van der Waals surface area contributed by atoms with Crippen molar-refractivity contribution in [1.29, 1.82) is 0 Å². The molecule has 3 aromatic rings. The molecule has 0 spiro atoms. The van der Waals surface area contributed by atoms with Crippen LogP contribution in [-0.4, -0.2) is 44.4 Å². The Balaban J connectivity index is 1.34. The number of benzene rings is 2. The lowest BCUT2D eigenvalue weighted by atomic mass is 9.90. The van der Waals surface area contributed by atoms with Crippen LogP contribution in [0.4, 0.5) is 0 Å². The van der Waals surface area contributed by atoms with E-state index in [0.717, 1.165) is 48.9 Å². The smallest absolute Gasteiger partial charge is 0.233 e. The number of carbonyl (C=O) groups excluding carboxylic acids is 1. The predicted octanol–water partition coefficient (Wildman–Crippen LogP) is 5.01. The standard InChI is InChI=1S/C26H30N4OS/c1-3-14-30-25(23-11-7-8-20(2)17-23)27-28-26(30)32-19-24(31)29-15-12-22(13-16-29)18-21-9-5-4-6-10-21/h3-11,17,22H,1,12-16,18-19H2,2H3. The lowest BCUT2D eigenvalue weighted by Crippen LogP contribution is -2.39. The van der Waals surface area contributed by atoms with Crippen LogP contribution in [0.3, 0.4) is 0 Å². The topological polar surface area (TPSA) is 51.0 Å². The summed E-state index contributed by atoms with van der Waals surface area (Å²) in [6.45, 7) is 8.22. The number of amides is 1. The van der Waals surface area contributed by atoms with Crippen molar-refractivity contribution in [2.75, 3.05) is 18.8 Å². The number of hydrogen-bond acceptors (Lipinski definition) is 4. The minimum absolute atomic E-state index is 0.179. The van der Waals surface area contributed by atoms with Crippen LogP contribution in [0.1, 0.15) is 24.0 Å². The molecule has 1 saturated heterocycles. The SMILES string of the molecule is C=CCn1c(SCC(=O)N2CCC(Cc3ccccc3)CC2)nnc1-c1cccc(C)c1. The molecule has 0 bridgehead atoms. The lowest BCUT2D eigenvalue weighted by Gasteiger charge is -2.32. The van der Waals surface area contributed by atoms with E-state index >= 15 is 0 Å². The molecule has 5 nitrogen and oxygen atoms in total. The maximum absolute atomic E-state index is 12.9. The molecule has 166 valence electrons. The molecule has 0 aliphatic carbocycles. The highest BCUT2D eigenvalue weighted by atomic mass is 32.2. The first kappa shape index (κ1) is 22.3. The highest BCUT2D eigenvalue weighted by Crippen LogP contribution is 2.26. The van der Waals surface area contributed by atoms with Gasteiger partial charge in [0.15, 0.2) is 11.0 Å². The Labute approximate surface area is 194 Å². The molecular formula is C26H30N4OS. The molecule has 1 aliphatic heterocycles. The average Bonchev–Trinajstić information content (AvgIpc) is 3.21. The number of carbonyl (C=O) groups is 1. The number of thioether (sulfide) groups is 1. The highest BCUT2D eigenvalue weighted by Gasteiger charge is 2.24. The number of rotatable bonds is 8. The zero-order chi connectivity index (χ0) is 22.3. The van der Waals surface area contributed by atoms with Gasteiger partial charge in [-0.15, -0.1) is 16.8 Å². The monoisotopic (exact) mass is 446 g/mol. The molecule has 0 saturated carbocycles. The van der Waals surface area contributed by atoms with Crippen molar-refractivity contribution in [3.05, 3.63) is 78.4 Å². The van der Waals surface area contributed by atoms with Crippen LogP contribution in [0.15, 0.2) is 72.4 Å². The molecule has 2 aromatic carbocycles. The van der Waals surface area contributed by atoms with Crippen molar-refractivity contribution >= 4 is 17.7 Å².